The fourth-order valence-electron chi connectivity index (χ4n) is 3.33. The third kappa shape index (κ3) is 4.67. The van der Waals surface area contributed by atoms with Gasteiger partial charge in [0.15, 0.2) is 0 Å². The van der Waals surface area contributed by atoms with E-state index in [0.717, 1.165) is 16.9 Å². The van der Waals surface area contributed by atoms with Crippen molar-refractivity contribution in [3.05, 3.63) is 120 Å². The minimum Gasteiger partial charge on any atom is -0.482 e. The molecule has 1 aliphatic rings. The van der Waals surface area contributed by atoms with Gasteiger partial charge in [-0.1, -0.05) is 78.9 Å². The summed E-state index contributed by atoms with van der Waals surface area (Å²) < 4.78 is 6.30. The Bertz CT molecular complexity index is 1030. The molecule has 0 radical (unpaired) electrons. The summed E-state index contributed by atoms with van der Waals surface area (Å²) in [5, 5.41) is 0. The summed E-state index contributed by atoms with van der Waals surface area (Å²) in [6, 6.07) is 29.2. The van der Waals surface area contributed by atoms with E-state index in [0.29, 0.717) is 0 Å². The summed E-state index contributed by atoms with van der Waals surface area (Å²) in [5.74, 6) is 0.893. The molecular weight excluding hydrogens is 354 g/mol. The quantitative estimate of drug-likeness (QED) is 0.516. The third-order valence-corrected chi connectivity index (χ3v) is 4.95. The number of hydrogen-bond donors (Lipinski definition) is 0. The molecule has 1 heterocycles. The van der Waals surface area contributed by atoms with Crippen LogP contribution in [0.2, 0.25) is 0 Å². The predicted octanol–water partition coefficient (Wildman–Crippen LogP) is 6.29. The number of rotatable bonds is 5. The van der Waals surface area contributed by atoms with Crippen molar-refractivity contribution in [3.63, 3.8) is 0 Å². The SMILES string of the molecule is CN(C)c1ccc(C=CC2C=C(c3ccccc3)C=C(c3ccccc3)O2)cc1. The lowest BCUT2D eigenvalue weighted by atomic mass is 9.99. The van der Waals surface area contributed by atoms with Crippen molar-refractivity contribution < 1.29 is 4.74 Å². The van der Waals surface area contributed by atoms with Crippen LogP contribution in [0.4, 0.5) is 5.69 Å². The van der Waals surface area contributed by atoms with Crippen LogP contribution in [0.3, 0.4) is 0 Å². The molecule has 3 aromatic carbocycles. The molecule has 29 heavy (non-hydrogen) atoms. The van der Waals surface area contributed by atoms with Gasteiger partial charge < -0.3 is 9.64 Å². The lowest BCUT2D eigenvalue weighted by molar-refractivity contribution is 0.253. The summed E-state index contributed by atoms with van der Waals surface area (Å²) in [7, 11) is 4.10. The van der Waals surface area contributed by atoms with E-state index in [4.69, 9.17) is 4.74 Å². The van der Waals surface area contributed by atoms with E-state index in [9.17, 15) is 0 Å². The molecule has 4 rings (SSSR count). The van der Waals surface area contributed by atoms with Gasteiger partial charge in [0.25, 0.3) is 0 Å². The minimum atomic E-state index is -0.126. The number of ether oxygens (including phenoxy) is 1. The molecule has 0 saturated carbocycles. The van der Waals surface area contributed by atoms with Crippen molar-refractivity contribution in [3.8, 4) is 0 Å². The Labute approximate surface area is 173 Å². The zero-order valence-corrected chi connectivity index (χ0v) is 16.8. The monoisotopic (exact) mass is 379 g/mol. The Kier molecular flexibility index (Phi) is 5.62. The van der Waals surface area contributed by atoms with E-state index in [1.54, 1.807) is 0 Å². The minimum absolute atomic E-state index is 0.126. The van der Waals surface area contributed by atoms with Gasteiger partial charge in [-0.05, 0) is 47.1 Å². The second kappa shape index (κ2) is 8.66. The highest BCUT2D eigenvalue weighted by atomic mass is 16.5. The summed E-state index contributed by atoms with van der Waals surface area (Å²) in [6.45, 7) is 0. The number of hydrogen-bond acceptors (Lipinski definition) is 2. The fraction of sp³-hybridized carbons (Fsp3) is 0.111. The summed E-state index contributed by atoms with van der Waals surface area (Å²) >= 11 is 0. The van der Waals surface area contributed by atoms with Crippen molar-refractivity contribution in [2.75, 3.05) is 19.0 Å². The maximum atomic E-state index is 6.30. The zero-order valence-electron chi connectivity index (χ0n) is 16.8. The van der Waals surface area contributed by atoms with Crippen molar-refractivity contribution in [1.82, 2.24) is 0 Å². The molecular formula is C27H25NO. The molecule has 0 aliphatic carbocycles. The molecule has 0 aromatic heterocycles. The smallest absolute Gasteiger partial charge is 0.136 e. The molecule has 1 unspecified atom stereocenters. The molecule has 0 amide bonds. The van der Waals surface area contributed by atoms with E-state index in [-0.39, 0.29) is 6.10 Å². The Hall–Kier alpha value is -3.52. The molecule has 1 aliphatic heterocycles. The molecule has 0 N–H and O–H groups in total. The number of anilines is 1. The van der Waals surface area contributed by atoms with Gasteiger partial charge in [-0.3, -0.25) is 0 Å². The highest BCUT2D eigenvalue weighted by Gasteiger charge is 2.16. The Morgan fingerprint density at radius 3 is 2.00 bits per heavy atom. The standard InChI is InChI=1S/C27H25NO/c1-28(2)25-16-13-21(14-17-25)15-18-26-19-24(22-9-5-3-6-10-22)20-27(29-26)23-11-7-4-8-12-23/h3-20,26H,1-2H3. The normalized spacial score (nSPS) is 16.1. The van der Waals surface area contributed by atoms with Crippen LogP contribution in [-0.2, 0) is 4.74 Å². The second-order valence-electron chi connectivity index (χ2n) is 7.29. The highest BCUT2D eigenvalue weighted by molar-refractivity contribution is 5.84. The van der Waals surface area contributed by atoms with Gasteiger partial charge in [-0.25, -0.2) is 0 Å². The zero-order chi connectivity index (χ0) is 20.1. The van der Waals surface area contributed by atoms with Crippen LogP contribution in [0.5, 0.6) is 0 Å². The molecule has 144 valence electrons. The van der Waals surface area contributed by atoms with Gasteiger partial charge in [0, 0.05) is 25.3 Å². The first-order valence-electron chi connectivity index (χ1n) is 9.86. The van der Waals surface area contributed by atoms with Crippen molar-refractivity contribution >= 4 is 23.1 Å². The second-order valence-corrected chi connectivity index (χ2v) is 7.29. The molecule has 2 nitrogen and oxygen atoms in total. The van der Waals surface area contributed by atoms with Crippen LogP contribution in [0.15, 0.2) is 103 Å². The van der Waals surface area contributed by atoms with Crippen LogP contribution in [0.25, 0.3) is 17.4 Å². The van der Waals surface area contributed by atoms with Crippen molar-refractivity contribution in [1.29, 1.82) is 0 Å². The van der Waals surface area contributed by atoms with Crippen molar-refractivity contribution in [2.45, 2.75) is 6.10 Å². The number of benzene rings is 3. The predicted molar refractivity (Wildman–Crippen MR) is 124 cm³/mol. The lowest BCUT2D eigenvalue weighted by Gasteiger charge is -2.22. The Morgan fingerprint density at radius 2 is 1.38 bits per heavy atom. The van der Waals surface area contributed by atoms with E-state index < -0.39 is 0 Å². The van der Waals surface area contributed by atoms with Crippen LogP contribution >= 0.6 is 0 Å². The third-order valence-electron chi connectivity index (χ3n) is 4.95. The first kappa shape index (κ1) is 18.8. The molecule has 0 saturated heterocycles. The van der Waals surface area contributed by atoms with Gasteiger partial charge in [-0.15, -0.1) is 0 Å². The molecule has 0 fully saturated rings. The van der Waals surface area contributed by atoms with E-state index in [1.165, 1.54) is 16.8 Å². The van der Waals surface area contributed by atoms with E-state index in [2.05, 4.69) is 89.9 Å². The van der Waals surface area contributed by atoms with Gasteiger partial charge in [-0.2, -0.15) is 0 Å². The van der Waals surface area contributed by atoms with Gasteiger partial charge in [0.05, 0.1) is 0 Å². The molecule has 0 spiro atoms. The average Bonchev–Trinajstić information content (AvgIpc) is 2.79. The topological polar surface area (TPSA) is 12.5 Å². The summed E-state index contributed by atoms with van der Waals surface area (Å²) in [6.07, 6.45) is 8.41. The van der Waals surface area contributed by atoms with E-state index >= 15 is 0 Å². The fourth-order valence-corrected chi connectivity index (χ4v) is 3.33. The molecule has 3 aromatic rings. The number of allylic oxidation sites excluding steroid dienone is 2. The maximum absolute atomic E-state index is 6.30. The van der Waals surface area contributed by atoms with Gasteiger partial charge in [0.1, 0.15) is 11.9 Å². The van der Waals surface area contributed by atoms with Gasteiger partial charge in [0.2, 0.25) is 0 Å². The Morgan fingerprint density at radius 1 is 0.759 bits per heavy atom. The number of nitrogens with zero attached hydrogens (tertiary/aromatic N) is 1. The highest BCUT2D eigenvalue weighted by Crippen LogP contribution is 2.30. The Balaban J connectivity index is 1.62. The summed E-state index contributed by atoms with van der Waals surface area (Å²) in [4.78, 5) is 2.10. The van der Waals surface area contributed by atoms with Crippen LogP contribution in [-0.4, -0.2) is 20.2 Å². The first-order valence-corrected chi connectivity index (χ1v) is 9.86. The summed E-state index contributed by atoms with van der Waals surface area (Å²) in [5.41, 5.74) is 5.80. The largest absolute Gasteiger partial charge is 0.482 e. The van der Waals surface area contributed by atoms with Crippen LogP contribution in [0, 0.1) is 0 Å². The van der Waals surface area contributed by atoms with Crippen LogP contribution in [0.1, 0.15) is 16.7 Å². The van der Waals surface area contributed by atoms with E-state index in [1.807, 2.05) is 38.4 Å². The maximum Gasteiger partial charge on any atom is 0.136 e. The average molecular weight is 380 g/mol. The first-order chi connectivity index (χ1) is 14.2. The lowest BCUT2D eigenvalue weighted by Crippen LogP contribution is -2.11. The molecule has 2 heteroatoms. The van der Waals surface area contributed by atoms with Crippen molar-refractivity contribution in [2.24, 2.45) is 0 Å². The molecule has 1 atom stereocenters. The molecule has 0 bridgehead atoms. The van der Waals surface area contributed by atoms with Crippen LogP contribution < -0.4 is 4.90 Å². The van der Waals surface area contributed by atoms with Gasteiger partial charge >= 0.3 is 0 Å².